The molecule has 2 aliphatic heterocycles. The van der Waals surface area contributed by atoms with Crippen LogP contribution in [0.3, 0.4) is 0 Å². The molecule has 4 rings (SSSR count). The number of rotatable bonds is 9. The van der Waals surface area contributed by atoms with E-state index in [1.807, 2.05) is 18.2 Å². The number of nitrogens with zero attached hydrogens (tertiary/aromatic N) is 1. The second kappa shape index (κ2) is 11.0. The number of aliphatic hydroxyl groups excluding tert-OH is 3. The van der Waals surface area contributed by atoms with Crippen molar-refractivity contribution in [3.63, 3.8) is 0 Å². The fourth-order valence-electron chi connectivity index (χ4n) is 4.55. The number of amides is 1. The average Bonchev–Trinajstić information content (AvgIpc) is 3.19. The highest BCUT2D eigenvalue weighted by Crippen LogP contribution is 2.42. The van der Waals surface area contributed by atoms with Crippen molar-refractivity contribution in [2.75, 3.05) is 39.4 Å². The van der Waals surface area contributed by atoms with Crippen LogP contribution in [-0.2, 0) is 6.42 Å². The van der Waals surface area contributed by atoms with Gasteiger partial charge in [0.25, 0.3) is 5.91 Å². The molecule has 10 heteroatoms. The van der Waals surface area contributed by atoms with Crippen LogP contribution in [-0.4, -0.2) is 88.4 Å². The van der Waals surface area contributed by atoms with Gasteiger partial charge in [0.2, 0.25) is 0 Å². The van der Waals surface area contributed by atoms with Gasteiger partial charge in [0.1, 0.15) is 35.6 Å². The Morgan fingerprint density at radius 1 is 1.17 bits per heavy atom. The van der Waals surface area contributed by atoms with E-state index in [2.05, 4.69) is 10.2 Å². The number of nitrogens with one attached hydrogen (secondary N) is 1. The van der Waals surface area contributed by atoms with Gasteiger partial charge in [-0.05, 0) is 35.9 Å². The topological polar surface area (TPSA) is 132 Å². The lowest BCUT2D eigenvalue weighted by atomic mass is 9.87. The highest BCUT2D eigenvalue weighted by atomic mass is 35.5. The van der Waals surface area contributed by atoms with Gasteiger partial charge < -0.3 is 40.1 Å². The zero-order valence-corrected chi connectivity index (χ0v) is 20.1. The molecule has 1 saturated heterocycles. The third kappa shape index (κ3) is 6.36. The lowest BCUT2D eigenvalue weighted by Gasteiger charge is -2.39. The van der Waals surface area contributed by atoms with Crippen molar-refractivity contribution >= 4 is 17.5 Å². The van der Waals surface area contributed by atoms with Gasteiger partial charge >= 0.3 is 0 Å². The summed E-state index contributed by atoms with van der Waals surface area (Å²) in [5.74, 6) is 0.408. The molecule has 5 N–H and O–H groups in total. The number of aromatic hydroxyl groups is 1. The molecule has 1 spiro atoms. The maximum atomic E-state index is 12.4. The Morgan fingerprint density at radius 2 is 1.94 bits per heavy atom. The van der Waals surface area contributed by atoms with E-state index in [0.717, 1.165) is 43.7 Å². The Hall–Kier alpha value is -2.56. The minimum absolute atomic E-state index is 0.0644. The molecule has 190 valence electrons. The number of benzene rings is 2. The van der Waals surface area contributed by atoms with Crippen LogP contribution in [0.1, 0.15) is 28.8 Å². The van der Waals surface area contributed by atoms with Gasteiger partial charge in [-0.15, -0.1) is 0 Å². The Kier molecular flexibility index (Phi) is 8.03. The lowest BCUT2D eigenvalue weighted by Crippen LogP contribution is -2.49. The number of hydrogen-bond donors (Lipinski definition) is 5. The summed E-state index contributed by atoms with van der Waals surface area (Å²) in [6, 6.07) is 9.77. The molecule has 0 radical (unpaired) electrons. The summed E-state index contributed by atoms with van der Waals surface area (Å²) >= 11 is 6.12. The smallest absolute Gasteiger partial charge is 0.255 e. The summed E-state index contributed by atoms with van der Waals surface area (Å²) in [5, 5.41) is 41.9. The number of fused-ring (bicyclic) bond motifs is 1. The molecule has 0 saturated carbocycles. The maximum Gasteiger partial charge on any atom is 0.255 e. The number of carbonyl (C=O) groups excluding carboxylic acids is 1. The first-order valence-electron chi connectivity index (χ1n) is 11.7. The molecule has 1 amide bonds. The van der Waals surface area contributed by atoms with Crippen molar-refractivity contribution in [1.29, 1.82) is 0 Å². The minimum atomic E-state index is -1.08. The normalized spacial score (nSPS) is 18.5. The van der Waals surface area contributed by atoms with E-state index in [1.165, 1.54) is 18.2 Å². The highest BCUT2D eigenvalue weighted by Gasteiger charge is 2.42. The maximum absolute atomic E-state index is 12.4. The molecular weight excluding hydrogens is 476 g/mol. The molecule has 2 aromatic rings. The number of ether oxygens (including phenoxy) is 2. The fourth-order valence-corrected chi connectivity index (χ4v) is 4.74. The van der Waals surface area contributed by atoms with Crippen molar-refractivity contribution < 1.29 is 34.7 Å². The van der Waals surface area contributed by atoms with Crippen molar-refractivity contribution in [3.05, 3.63) is 52.5 Å². The zero-order chi connectivity index (χ0) is 25.0. The molecule has 0 bridgehead atoms. The summed E-state index contributed by atoms with van der Waals surface area (Å²) in [7, 11) is 0. The predicted octanol–water partition coefficient (Wildman–Crippen LogP) is 1.34. The molecular formula is C25H31ClN2O7. The van der Waals surface area contributed by atoms with Crippen molar-refractivity contribution in [1.82, 2.24) is 10.2 Å². The minimum Gasteiger partial charge on any atom is -0.508 e. The Morgan fingerprint density at radius 3 is 2.69 bits per heavy atom. The molecule has 2 aromatic carbocycles. The van der Waals surface area contributed by atoms with Gasteiger partial charge in [-0.3, -0.25) is 4.79 Å². The SMILES string of the molecule is O=C(NCC(O)CO)c1ccc(O)cc1OC[C@@H](O)CN1CCC2(CC1)Cc1cc(Cl)ccc1O2. The van der Waals surface area contributed by atoms with Crippen molar-refractivity contribution in [3.8, 4) is 17.2 Å². The Bertz CT molecular complexity index is 1040. The van der Waals surface area contributed by atoms with Gasteiger partial charge in [-0.1, -0.05) is 11.6 Å². The third-order valence-electron chi connectivity index (χ3n) is 6.45. The fraction of sp³-hybridized carbons (Fsp3) is 0.480. The van der Waals surface area contributed by atoms with E-state index in [4.69, 9.17) is 26.2 Å². The van der Waals surface area contributed by atoms with Crippen LogP contribution in [0, 0.1) is 0 Å². The van der Waals surface area contributed by atoms with Gasteiger partial charge in [0.05, 0.1) is 18.3 Å². The number of piperidine rings is 1. The molecule has 0 aromatic heterocycles. The van der Waals surface area contributed by atoms with Gasteiger partial charge in [0, 0.05) is 56.5 Å². The predicted molar refractivity (Wildman–Crippen MR) is 129 cm³/mol. The van der Waals surface area contributed by atoms with Crippen LogP contribution in [0.4, 0.5) is 0 Å². The van der Waals surface area contributed by atoms with Crippen LogP contribution in [0.2, 0.25) is 5.02 Å². The summed E-state index contributed by atoms with van der Waals surface area (Å²) in [6.07, 6.45) is 0.624. The van der Waals surface area contributed by atoms with Crippen LogP contribution < -0.4 is 14.8 Å². The molecule has 1 unspecified atom stereocenters. The number of hydrogen-bond acceptors (Lipinski definition) is 8. The molecule has 35 heavy (non-hydrogen) atoms. The second-order valence-electron chi connectivity index (χ2n) is 9.21. The largest absolute Gasteiger partial charge is 0.508 e. The van der Waals surface area contributed by atoms with E-state index >= 15 is 0 Å². The van der Waals surface area contributed by atoms with Crippen molar-refractivity contribution in [2.45, 2.75) is 37.1 Å². The quantitative estimate of drug-likeness (QED) is 0.344. The van der Waals surface area contributed by atoms with E-state index < -0.39 is 24.7 Å². The second-order valence-corrected chi connectivity index (χ2v) is 9.64. The lowest BCUT2D eigenvalue weighted by molar-refractivity contribution is -0.00201. The number of β-amino-alcohol motifs (C(OH)–C–C–N with tert-alkyl or cyclic N) is 1. The molecule has 1 fully saturated rings. The van der Waals surface area contributed by atoms with Gasteiger partial charge in [-0.2, -0.15) is 0 Å². The first kappa shape index (κ1) is 25.5. The molecule has 2 atom stereocenters. The summed E-state index contributed by atoms with van der Waals surface area (Å²) in [4.78, 5) is 14.6. The number of phenolic OH excluding ortho intramolecular Hbond substituents is 1. The van der Waals surface area contributed by atoms with Crippen LogP contribution in [0.25, 0.3) is 0 Å². The molecule has 2 heterocycles. The third-order valence-corrected chi connectivity index (χ3v) is 6.68. The number of phenols is 1. The molecule has 0 aliphatic carbocycles. The van der Waals surface area contributed by atoms with Crippen molar-refractivity contribution in [2.24, 2.45) is 0 Å². The number of halogens is 1. The van der Waals surface area contributed by atoms with Crippen LogP contribution >= 0.6 is 11.6 Å². The monoisotopic (exact) mass is 506 g/mol. The Labute approximate surface area is 208 Å². The molecule has 2 aliphatic rings. The van der Waals surface area contributed by atoms with Crippen LogP contribution in [0.15, 0.2) is 36.4 Å². The highest BCUT2D eigenvalue weighted by molar-refractivity contribution is 6.30. The first-order chi connectivity index (χ1) is 16.8. The molecule has 9 nitrogen and oxygen atoms in total. The average molecular weight is 507 g/mol. The zero-order valence-electron chi connectivity index (χ0n) is 19.3. The van der Waals surface area contributed by atoms with Gasteiger partial charge in [-0.25, -0.2) is 0 Å². The van der Waals surface area contributed by atoms with Gasteiger partial charge in [0.15, 0.2) is 0 Å². The van der Waals surface area contributed by atoms with E-state index in [-0.39, 0.29) is 35.8 Å². The summed E-state index contributed by atoms with van der Waals surface area (Å²) in [5.41, 5.74) is 1.06. The number of carbonyl (C=O) groups is 1. The Balaban J connectivity index is 1.27. The first-order valence-corrected chi connectivity index (χ1v) is 12.1. The van der Waals surface area contributed by atoms with E-state index in [1.54, 1.807) is 0 Å². The summed E-state index contributed by atoms with van der Waals surface area (Å²) < 4.78 is 11.9. The summed E-state index contributed by atoms with van der Waals surface area (Å²) in [6.45, 7) is 1.27. The van der Waals surface area contributed by atoms with E-state index in [9.17, 15) is 20.1 Å². The van der Waals surface area contributed by atoms with Crippen LogP contribution in [0.5, 0.6) is 17.2 Å². The standard InChI is InChI=1S/C25H31ClN2O7/c26-17-1-4-22-16(9-17)11-25(35-22)5-7-28(8-6-25)13-20(32)15-34-23-10-18(30)2-3-21(23)24(33)27-12-19(31)14-29/h1-4,9-10,19-20,29-32H,5-8,11-15H2,(H,27,33)/t19?,20-/m0/s1. The van der Waals surface area contributed by atoms with E-state index in [0.29, 0.717) is 11.6 Å². The number of likely N-dealkylation sites (tertiary alicyclic amines) is 1. The number of aliphatic hydroxyl groups is 3.